The van der Waals surface area contributed by atoms with E-state index in [1.165, 1.54) is 0 Å². The molecule has 0 radical (unpaired) electrons. The predicted octanol–water partition coefficient (Wildman–Crippen LogP) is 0.300. The first-order valence-corrected chi connectivity index (χ1v) is 5.89. The van der Waals surface area contributed by atoms with Gasteiger partial charge in [-0.05, 0) is 6.07 Å². The van der Waals surface area contributed by atoms with Crippen molar-refractivity contribution in [1.29, 1.82) is 0 Å². The summed E-state index contributed by atoms with van der Waals surface area (Å²) in [5.41, 5.74) is 6.69. The second kappa shape index (κ2) is 4.67. The molecule has 2 aromatic rings. The molecule has 6 nitrogen and oxygen atoms in total. The topological polar surface area (TPSA) is 74.6 Å². The zero-order valence-electron chi connectivity index (χ0n) is 9.29. The van der Waals surface area contributed by atoms with Gasteiger partial charge in [0.25, 0.3) is 0 Å². The van der Waals surface area contributed by atoms with Crippen molar-refractivity contribution < 1.29 is 0 Å². The van der Waals surface area contributed by atoms with Gasteiger partial charge >= 0.3 is 0 Å². The highest BCUT2D eigenvalue weighted by molar-refractivity contribution is 7.98. The molecular weight excluding hydrogens is 224 g/mol. The van der Waals surface area contributed by atoms with Crippen LogP contribution in [0.15, 0.2) is 17.4 Å². The van der Waals surface area contributed by atoms with Gasteiger partial charge in [-0.1, -0.05) is 11.8 Å². The first kappa shape index (κ1) is 11.2. The first-order chi connectivity index (χ1) is 7.72. The molecule has 0 unspecified atom stereocenters. The second-order valence-electron chi connectivity index (χ2n) is 3.40. The zero-order valence-corrected chi connectivity index (χ0v) is 10.1. The minimum Gasteiger partial charge on any atom is -0.324 e. The van der Waals surface area contributed by atoms with Crippen LogP contribution in [0.3, 0.4) is 0 Å². The van der Waals surface area contributed by atoms with Gasteiger partial charge in [-0.2, -0.15) is 5.10 Å². The average molecular weight is 238 g/mol. The fraction of sp³-hybridized carbons (Fsp3) is 0.444. The van der Waals surface area contributed by atoms with Crippen LogP contribution in [0.25, 0.3) is 0 Å². The molecule has 0 aromatic carbocycles. The lowest BCUT2D eigenvalue weighted by molar-refractivity contribution is 0.726. The molecule has 0 amide bonds. The van der Waals surface area contributed by atoms with E-state index in [9.17, 15) is 0 Å². The van der Waals surface area contributed by atoms with Crippen LogP contribution in [-0.2, 0) is 26.4 Å². The van der Waals surface area contributed by atoms with E-state index < -0.39 is 0 Å². The maximum atomic E-state index is 5.53. The molecule has 2 aromatic heterocycles. The molecule has 0 aliphatic heterocycles. The van der Waals surface area contributed by atoms with Gasteiger partial charge < -0.3 is 10.3 Å². The summed E-state index contributed by atoms with van der Waals surface area (Å²) in [5, 5.41) is 13.1. The summed E-state index contributed by atoms with van der Waals surface area (Å²) in [6.45, 7) is 0.412. The summed E-state index contributed by atoms with van der Waals surface area (Å²) in [6, 6.07) is 1.99. The first-order valence-electron chi connectivity index (χ1n) is 4.90. The van der Waals surface area contributed by atoms with Crippen molar-refractivity contribution in [2.45, 2.75) is 17.5 Å². The monoisotopic (exact) mass is 238 g/mol. The van der Waals surface area contributed by atoms with Crippen LogP contribution >= 0.6 is 11.8 Å². The highest BCUT2D eigenvalue weighted by atomic mass is 32.2. The van der Waals surface area contributed by atoms with Crippen LogP contribution in [0.1, 0.15) is 11.5 Å². The highest BCUT2D eigenvalue weighted by Gasteiger charge is 2.08. The van der Waals surface area contributed by atoms with Crippen LogP contribution in [-0.4, -0.2) is 24.5 Å². The lowest BCUT2D eigenvalue weighted by Crippen LogP contribution is -2.05. The lowest BCUT2D eigenvalue weighted by Gasteiger charge is -2.02. The van der Waals surface area contributed by atoms with Crippen LogP contribution in [0.5, 0.6) is 0 Å². The molecule has 16 heavy (non-hydrogen) atoms. The van der Waals surface area contributed by atoms with E-state index in [1.54, 1.807) is 18.0 Å². The molecule has 0 saturated heterocycles. The molecule has 2 N–H and O–H groups in total. The maximum absolute atomic E-state index is 5.53. The molecule has 0 aliphatic rings. The van der Waals surface area contributed by atoms with Gasteiger partial charge in [0.2, 0.25) is 0 Å². The fourth-order valence-corrected chi connectivity index (χ4v) is 2.29. The summed E-state index contributed by atoms with van der Waals surface area (Å²) in [5.74, 6) is 1.63. The van der Waals surface area contributed by atoms with Crippen molar-refractivity contribution in [2.75, 3.05) is 0 Å². The van der Waals surface area contributed by atoms with Gasteiger partial charge in [0.15, 0.2) is 5.16 Å². The zero-order chi connectivity index (χ0) is 11.5. The van der Waals surface area contributed by atoms with E-state index in [0.29, 0.717) is 6.54 Å². The normalized spacial score (nSPS) is 10.9. The molecule has 86 valence electrons. The second-order valence-corrected chi connectivity index (χ2v) is 4.34. The summed E-state index contributed by atoms with van der Waals surface area (Å²) in [4.78, 5) is 0. The molecule has 7 heteroatoms. The summed E-state index contributed by atoms with van der Waals surface area (Å²) < 4.78 is 3.77. The standard InChI is InChI=1S/C9H14N6S/c1-14-8(5-10)12-13-9(14)16-6-7-3-4-11-15(7)2/h3-4H,5-6,10H2,1-2H3. The maximum Gasteiger partial charge on any atom is 0.191 e. The van der Waals surface area contributed by atoms with E-state index >= 15 is 0 Å². The Morgan fingerprint density at radius 1 is 1.38 bits per heavy atom. The van der Waals surface area contributed by atoms with Crippen molar-refractivity contribution >= 4 is 11.8 Å². The fourth-order valence-electron chi connectivity index (χ4n) is 1.33. The number of aromatic nitrogens is 5. The Balaban J connectivity index is 2.05. The number of thioether (sulfide) groups is 1. The third kappa shape index (κ3) is 2.10. The number of hydrogen-bond acceptors (Lipinski definition) is 5. The Hall–Kier alpha value is -1.34. The van der Waals surface area contributed by atoms with Crippen molar-refractivity contribution in [1.82, 2.24) is 24.5 Å². The molecule has 2 heterocycles. The van der Waals surface area contributed by atoms with Gasteiger partial charge in [-0.25, -0.2) is 0 Å². The minimum absolute atomic E-state index is 0.412. The smallest absolute Gasteiger partial charge is 0.191 e. The highest BCUT2D eigenvalue weighted by Crippen LogP contribution is 2.20. The lowest BCUT2D eigenvalue weighted by atomic mass is 10.5. The third-order valence-corrected chi connectivity index (χ3v) is 3.43. The Labute approximate surface area is 97.8 Å². The number of nitrogens with two attached hydrogens (primary N) is 1. The third-order valence-electron chi connectivity index (χ3n) is 2.38. The SMILES string of the molecule is Cn1nccc1CSc1nnc(CN)n1C. The van der Waals surface area contributed by atoms with E-state index in [-0.39, 0.29) is 0 Å². The van der Waals surface area contributed by atoms with Crippen LogP contribution < -0.4 is 5.73 Å². The minimum atomic E-state index is 0.412. The predicted molar refractivity (Wildman–Crippen MR) is 61.7 cm³/mol. The largest absolute Gasteiger partial charge is 0.324 e. The number of nitrogens with zero attached hydrogens (tertiary/aromatic N) is 5. The van der Waals surface area contributed by atoms with Gasteiger partial charge in [-0.15, -0.1) is 10.2 Å². The van der Waals surface area contributed by atoms with Crippen molar-refractivity contribution in [2.24, 2.45) is 19.8 Å². The Kier molecular flexibility index (Phi) is 3.25. The number of hydrogen-bond donors (Lipinski definition) is 1. The molecule has 2 rings (SSSR count). The summed E-state index contributed by atoms with van der Waals surface area (Å²) in [7, 11) is 3.85. The van der Waals surface area contributed by atoms with Crippen molar-refractivity contribution in [3.63, 3.8) is 0 Å². The molecule has 0 atom stereocenters. The van der Waals surface area contributed by atoms with E-state index in [1.807, 2.05) is 29.4 Å². The Bertz CT molecular complexity index is 474. The molecule has 0 saturated carbocycles. The number of rotatable bonds is 4. The van der Waals surface area contributed by atoms with Crippen molar-refractivity contribution in [3.8, 4) is 0 Å². The van der Waals surface area contributed by atoms with Crippen LogP contribution in [0, 0.1) is 0 Å². The van der Waals surface area contributed by atoms with E-state index in [0.717, 1.165) is 22.4 Å². The van der Waals surface area contributed by atoms with Crippen molar-refractivity contribution in [3.05, 3.63) is 23.8 Å². The van der Waals surface area contributed by atoms with Crippen LogP contribution in [0.4, 0.5) is 0 Å². The quantitative estimate of drug-likeness (QED) is 0.775. The van der Waals surface area contributed by atoms with Gasteiger partial charge in [-0.3, -0.25) is 4.68 Å². The summed E-state index contributed by atoms with van der Waals surface area (Å²) >= 11 is 1.63. The van der Waals surface area contributed by atoms with Gasteiger partial charge in [0.1, 0.15) is 5.82 Å². The Morgan fingerprint density at radius 3 is 2.75 bits per heavy atom. The van der Waals surface area contributed by atoms with Gasteiger partial charge in [0, 0.05) is 31.7 Å². The Morgan fingerprint density at radius 2 is 2.19 bits per heavy atom. The molecule has 0 bridgehead atoms. The van der Waals surface area contributed by atoms with Gasteiger partial charge in [0.05, 0.1) is 6.54 Å². The summed E-state index contributed by atoms with van der Waals surface area (Å²) in [6.07, 6.45) is 1.79. The van der Waals surface area contributed by atoms with E-state index in [4.69, 9.17) is 5.73 Å². The molecule has 0 fully saturated rings. The molecule has 0 aliphatic carbocycles. The molecule has 0 spiro atoms. The van der Waals surface area contributed by atoms with Crippen LogP contribution in [0.2, 0.25) is 0 Å². The van der Waals surface area contributed by atoms with E-state index in [2.05, 4.69) is 15.3 Å². The number of aryl methyl sites for hydroxylation is 1. The molecular formula is C9H14N6S. The average Bonchev–Trinajstić information content (AvgIpc) is 2.83.